The van der Waals surface area contributed by atoms with E-state index in [2.05, 4.69) is 16.0 Å². The van der Waals surface area contributed by atoms with Gasteiger partial charge in [0.1, 0.15) is 0 Å². The second-order valence-electron chi connectivity index (χ2n) is 8.32. The van der Waals surface area contributed by atoms with Gasteiger partial charge in [-0.2, -0.15) is 0 Å². The van der Waals surface area contributed by atoms with E-state index < -0.39 is 10.8 Å². The van der Waals surface area contributed by atoms with Gasteiger partial charge < -0.3 is 20.3 Å². The second-order valence-corrected chi connectivity index (χ2v) is 8.72. The maximum absolute atomic E-state index is 13.1. The molecular formula is C26H25N5O5S. The number of hydrogen-bond donors (Lipinski definition) is 3. The predicted molar refractivity (Wildman–Crippen MR) is 145 cm³/mol. The molecule has 1 saturated heterocycles. The van der Waals surface area contributed by atoms with E-state index in [0.29, 0.717) is 48.9 Å². The quantitative estimate of drug-likeness (QED) is 0.252. The Bertz CT molecular complexity index is 1360. The van der Waals surface area contributed by atoms with Gasteiger partial charge in [0.05, 0.1) is 29.4 Å². The number of anilines is 3. The third-order valence-corrected chi connectivity index (χ3v) is 5.99. The van der Waals surface area contributed by atoms with Crippen LogP contribution in [0.1, 0.15) is 26.3 Å². The van der Waals surface area contributed by atoms with E-state index in [1.54, 1.807) is 42.5 Å². The van der Waals surface area contributed by atoms with Crippen molar-refractivity contribution >= 4 is 51.9 Å². The van der Waals surface area contributed by atoms with Gasteiger partial charge in [-0.25, -0.2) is 0 Å². The molecule has 3 aromatic carbocycles. The summed E-state index contributed by atoms with van der Waals surface area (Å²) in [5.74, 6) is -0.820. The summed E-state index contributed by atoms with van der Waals surface area (Å²) in [6, 6.07) is 18.3. The van der Waals surface area contributed by atoms with Crippen LogP contribution < -0.4 is 20.9 Å². The highest BCUT2D eigenvalue weighted by atomic mass is 32.1. The fourth-order valence-electron chi connectivity index (χ4n) is 3.93. The first-order valence-corrected chi connectivity index (χ1v) is 11.9. The van der Waals surface area contributed by atoms with Crippen LogP contribution in [-0.4, -0.2) is 48.2 Å². The Morgan fingerprint density at radius 2 is 1.62 bits per heavy atom. The number of morpholine rings is 1. The van der Waals surface area contributed by atoms with Gasteiger partial charge in [0.25, 0.3) is 17.5 Å². The van der Waals surface area contributed by atoms with Crippen molar-refractivity contribution in [1.29, 1.82) is 0 Å². The average molecular weight is 520 g/mol. The summed E-state index contributed by atoms with van der Waals surface area (Å²) in [6.45, 7) is 3.97. The molecule has 3 aromatic rings. The number of ether oxygens (including phenoxy) is 1. The first kappa shape index (κ1) is 25.7. The fraction of sp³-hybridized carbons (Fsp3) is 0.192. The van der Waals surface area contributed by atoms with E-state index in [9.17, 15) is 19.7 Å². The Hall–Kier alpha value is -4.35. The maximum atomic E-state index is 13.1. The largest absolute Gasteiger partial charge is 0.378 e. The van der Waals surface area contributed by atoms with Gasteiger partial charge in [0.2, 0.25) is 0 Å². The Morgan fingerprint density at radius 1 is 0.919 bits per heavy atom. The summed E-state index contributed by atoms with van der Waals surface area (Å²) in [5.41, 5.74) is 3.01. The number of nitro benzene ring substituents is 1. The molecule has 1 aliphatic heterocycles. The molecule has 37 heavy (non-hydrogen) atoms. The minimum absolute atomic E-state index is 0.00631. The van der Waals surface area contributed by atoms with E-state index in [0.717, 1.165) is 5.56 Å². The molecule has 10 nitrogen and oxygen atoms in total. The zero-order valence-corrected chi connectivity index (χ0v) is 20.8. The normalized spacial score (nSPS) is 12.9. The highest BCUT2D eigenvalue weighted by Gasteiger charge is 2.22. The molecule has 11 heteroatoms. The van der Waals surface area contributed by atoms with Gasteiger partial charge in [-0.1, -0.05) is 24.3 Å². The van der Waals surface area contributed by atoms with Crippen molar-refractivity contribution in [2.75, 3.05) is 41.8 Å². The molecule has 1 fully saturated rings. The molecule has 0 aromatic heterocycles. The summed E-state index contributed by atoms with van der Waals surface area (Å²) < 4.78 is 5.37. The molecular weight excluding hydrogens is 494 g/mol. The van der Waals surface area contributed by atoms with Crippen molar-refractivity contribution in [3.8, 4) is 0 Å². The van der Waals surface area contributed by atoms with Gasteiger partial charge in [-0.15, -0.1) is 0 Å². The molecule has 0 unspecified atom stereocenters. The Morgan fingerprint density at radius 3 is 2.32 bits per heavy atom. The number of aryl methyl sites for hydroxylation is 1. The van der Waals surface area contributed by atoms with Crippen molar-refractivity contribution in [3.05, 3.63) is 93.5 Å². The number of amides is 2. The standard InChI is InChI=1S/C26H25N5O5S/c1-17-5-2-3-8-21(17)24(32)27-18-6-4-7-19(15-18)28-26(37)29-25(33)22-16-20(31(34)35)9-10-23(22)30-11-13-36-14-12-30/h2-10,15-16H,11-14H2,1H3,(H,27,32)(H2,28,29,33,37). The summed E-state index contributed by atoms with van der Waals surface area (Å²) in [6.07, 6.45) is 0. The molecule has 0 atom stereocenters. The molecule has 4 rings (SSSR count). The summed E-state index contributed by atoms with van der Waals surface area (Å²) in [4.78, 5) is 38.5. The molecule has 1 aliphatic rings. The number of nitrogens with zero attached hydrogens (tertiary/aromatic N) is 2. The number of nitro groups is 1. The molecule has 0 aliphatic carbocycles. The number of thiocarbonyl (C=S) groups is 1. The summed E-state index contributed by atoms with van der Waals surface area (Å²) in [5, 5.41) is 19.7. The van der Waals surface area contributed by atoms with Crippen LogP contribution in [-0.2, 0) is 4.74 Å². The molecule has 190 valence electrons. The predicted octanol–water partition coefficient (Wildman–Crippen LogP) is 4.12. The van der Waals surface area contributed by atoms with Crippen molar-refractivity contribution < 1.29 is 19.2 Å². The third-order valence-electron chi connectivity index (χ3n) is 5.78. The van der Waals surface area contributed by atoms with Crippen LogP contribution in [0.2, 0.25) is 0 Å². The Kier molecular flexibility index (Phi) is 8.06. The van der Waals surface area contributed by atoms with Crippen LogP contribution in [0, 0.1) is 17.0 Å². The van der Waals surface area contributed by atoms with Crippen LogP contribution in [0.15, 0.2) is 66.7 Å². The first-order valence-electron chi connectivity index (χ1n) is 11.5. The van der Waals surface area contributed by atoms with E-state index in [1.807, 2.05) is 24.0 Å². The van der Waals surface area contributed by atoms with Crippen molar-refractivity contribution in [2.45, 2.75) is 6.92 Å². The smallest absolute Gasteiger partial charge is 0.270 e. The van der Waals surface area contributed by atoms with Gasteiger partial charge in [-0.05, 0) is 55.0 Å². The molecule has 3 N–H and O–H groups in total. The van der Waals surface area contributed by atoms with Crippen LogP contribution in [0.25, 0.3) is 0 Å². The molecule has 0 radical (unpaired) electrons. The SMILES string of the molecule is Cc1ccccc1C(=O)Nc1cccc(NC(=S)NC(=O)c2cc([N+](=O)[O-])ccc2N2CCOCC2)c1. The highest BCUT2D eigenvalue weighted by molar-refractivity contribution is 7.80. The minimum atomic E-state index is -0.577. The van der Waals surface area contributed by atoms with Gasteiger partial charge in [-0.3, -0.25) is 25.0 Å². The second kappa shape index (κ2) is 11.6. The van der Waals surface area contributed by atoms with Crippen LogP contribution >= 0.6 is 12.2 Å². The van der Waals surface area contributed by atoms with Crippen molar-refractivity contribution in [3.63, 3.8) is 0 Å². The first-order chi connectivity index (χ1) is 17.8. The molecule has 0 saturated carbocycles. The fourth-order valence-corrected chi connectivity index (χ4v) is 4.14. The maximum Gasteiger partial charge on any atom is 0.270 e. The minimum Gasteiger partial charge on any atom is -0.378 e. The van der Waals surface area contributed by atoms with Crippen LogP contribution in [0.4, 0.5) is 22.7 Å². The lowest BCUT2D eigenvalue weighted by Gasteiger charge is -2.30. The summed E-state index contributed by atoms with van der Waals surface area (Å²) in [7, 11) is 0. The Labute approximate surface area is 218 Å². The van der Waals surface area contributed by atoms with E-state index >= 15 is 0 Å². The van der Waals surface area contributed by atoms with Crippen LogP contribution in [0.3, 0.4) is 0 Å². The lowest BCUT2D eigenvalue weighted by molar-refractivity contribution is -0.384. The average Bonchev–Trinajstić information content (AvgIpc) is 2.89. The summed E-state index contributed by atoms with van der Waals surface area (Å²) >= 11 is 5.32. The van der Waals surface area contributed by atoms with Crippen molar-refractivity contribution in [1.82, 2.24) is 5.32 Å². The zero-order chi connectivity index (χ0) is 26.4. The third kappa shape index (κ3) is 6.46. The number of hydrogen-bond acceptors (Lipinski definition) is 7. The van der Waals surface area contributed by atoms with Gasteiger partial charge in [0.15, 0.2) is 5.11 Å². The lowest BCUT2D eigenvalue weighted by Crippen LogP contribution is -2.39. The Balaban J connectivity index is 1.46. The van der Waals surface area contributed by atoms with E-state index in [-0.39, 0.29) is 22.3 Å². The highest BCUT2D eigenvalue weighted by Crippen LogP contribution is 2.26. The number of carbonyl (C=O) groups excluding carboxylic acids is 2. The van der Waals surface area contributed by atoms with E-state index in [1.165, 1.54) is 12.1 Å². The number of carbonyl (C=O) groups is 2. The molecule has 0 spiro atoms. The van der Waals surface area contributed by atoms with Gasteiger partial charge in [0, 0.05) is 42.2 Å². The number of rotatable bonds is 6. The van der Waals surface area contributed by atoms with E-state index in [4.69, 9.17) is 17.0 Å². The lowest BCUT2D eigenvalue weighted by atomic mass is 10.1. The number of non-ortho nitro benzene ring substituents is 1. The van der Waals surface area contributed by atoms with Crippen molar-refractivity contribution in [2.24, 2.45) is 0 Å². The topological polar surface area (TPSA) is 126 Å². The molecule has 1 heterocycles. The zero-order valence-electron chi connectivity index (χ0n) is 20.0. The molecule has 2 amide bonds. The number of nitrogens with one attached hydrogen (secondary N) is 3. The monoisotopic (exact) mass is 519 g/mol. The number of benzene rings is 3. The molecule has 0 bridgehead atoms. The van der Waals surface area contributed by atoms with Crippen LogP contribution in [0.5, 0.6) is 0 Å². The van der Waals surface area contributed by atoms with Gasteiger partial charge >= 0.3 is 0 Å².